The molecule has 2 nitrogen and oxygen atoms in total. The summed E-state index contributed by atoms with van der Waals surface area (Å²) in [6.45, 7) is 4.76. The number of rotatable bonds is 4. The minimum atomic E-state index is -0.0646. The predicted molar refractivity (Wildman–Crippen MR) is 73.4 cm³/mol. The maximum Gasteiger partial charge on any atom is 0.155 e. The summed E-state index contributed by atoms with van der Waals surface area (Å²) >= 11 is 3.90. The van der Waals surface area contributed by atoms with Crippen molar-refractivity contribution in [2.75, 3.05) is 6.61 Å². The Morgan fingerprint density at radius 1 is 1.18 bits per heavy atom. The second kappa shape index (κ2) is 6.53. The largest absolute Gasteiger partial charge is 0.353 e. The van der Waals surface area contributed by atoms with Crippen molar-refractivity contribution in [1.82, 2.24) is 0 Å². The number of hydrogen-bond donors (Lipinski definition) is 0. The van der Waals surface area contributed by atoms with Crippen molar-refractivity contribution in [2.24, 2.45) is 11.8 Å². The molecule has 0 aromatic carbocycles. The summed E-state index contributed by atoms with van der Waals surface area (Å²) in [7, 11) is 0. The van der Waals surface area contributed by atoms with Gasteiger partial charge >= 0.3 is 0 Å². The monoisotopic (exact) mass is 304 g/mol. The highest BCUT2D eigenvalue weighted by Gasteiger charge is 2.40. The summed E-state index contributed by atoms with van der Waals surface area (Å²) in [5.74, 6) is 1.77. The van der Waals surface area contributed by atoms with Crippen LogP contribution in [0.2, 0.25) is 0 Å². The van der Waals surface area contributed by atoms with Gasteiger partial charge in [-0.1, -0.05) is 35.2 Å². The van der Waals surface area contributed by atoms with Crippen molar-refractivity contribution in [3.05, 3.63) is 0 Å². The Kier molecular flexibility index (Phi) is 5.31. The normalized spacial score (nSPS) is 39.7. The van der Waals surface area contributed by atoms with E-state index < -0.39 is 0 Å². The van der Waals surface area contributed by atoms with Crippen LogP contribution >= 0.6 is 15.9 Å². The molecule has 17 heavy (non-hydrogen) atoms. The van der Waals surface area contributed by atoms with Crippen molar-refractivity contribution in [1.29, 1.82) is 0 Å². The van der Waals surface area contributed by atoms with E-state index in [-0.39, 0.29) is 6.29 Å². The summed E-state index contributed by atoms with van der Waals surface area (Å²) in [5.41, 5.74) is 0. The van der Waals surface area contributed by atoms with Gasteiger partial charge < -0.3 is 9.47 Å². The van der Waals surface area contributed by atoms with Crippen LogP contribution in [-0.2, 0) is 9.47 Å². The third-order valence-electron chi connectivity index (χ3n) is 4.32. The molecule has 0 aromatic heterocycles. The smallest absolute Gasteiger partial charge is 0.155 e. The van der Waals surface area contributed by atoms with Crippen LogP contribution < -0.4 is 0 Å². The first-order valence-corrected chi connectivity index (χ1v) is 8.05. The van der Waals surface area contributed by atoms with E-state index in [0.29, 0.717) is 10.9 Å². The van der Waals surface area contributed by atoms with Gasteiger partial charge in [-0.15, -0.1) is 0 Å². The maximum atomic E-state index is 6.02. The Labute approximate surface area is 114 Å². The first kappa shape index (κ1) is 13.8. The van der Waals surface area contributed by atoms with Gasteiger partial charge in [-0.25, -0.2) is 0 Å². The molecule has 100 valence electrons. The van der Waals surface area contributed by atoms with E-state index in [9.17, 15) is 0 Å². The van der Waals surface area contributed by atoms with Crippen LogP contribution in [0.3, 0.4) is 0 Å². The van der Waals surface area contributed by atoms with Crippen LogP contribution in [0.1, 0.15) is 52.4 Å². The molecule has 0 aliphatic heterocycles. The zero-order valence-electron chi connectivity index (χ0n) is 11.0. The van der Waals surface area contributed by atoms with Crippen molar-refractivity contribution in [3.63, 3.8) is 0 Å². The lowest BCUT2D eigenvalue weighted by molar-refractivity contribution is -0.168. The lowest BCUT2D eigenvalue weighted by Gasteiger charge is -2.43. The second-order valence-electron chi connectivity index (χ2n) is 5.43. The molecule has 2 saturated carbocycles. The molecule has 2 aliphatic rings. The third-order valence-corrected chi connectivity index (χ3v) is 5.59. The first-order chi connectivity index (χ1) is 8.22. The van der Waals surface area contributed by atoms with Gasteiger partial charge in [0.2, 0.25) is 0 Å². The second-order valence-corrected chi connectivity index (χ2v) is 6.49. The Bertz CT molecular complexity index is 234. The van der Waals surface area contributed by atoms with Gasteiger partial charge in [0.1, 0.15) is 0 Å². The quantitative estimate of drug-likeness (QED) is 0.574. The van der Waals surface area contributed by atoms with E-state index in [0.717, 1.165) is 18.4 Å². The highest BCUT2D eigenvalue weighted by molar-refractivity contribution is 9.09. The van der Waals surface area contributed by atoms with Gasteiger partial charge in [0.05, 0.1) is 6.10 Å². The Morgan fingerprint density at radius 3 is 2.71 bits per heavy atom. The standard InChI is InChI=1S/C14H25BrO2/c1-3-16-10(2)17-13-9-8-11-6-4-5-7-12(11)14(13)15/h10-14H,3-9H2,1-2H3. The van der Waals surface area contributed by atoms with E-state index in [1.165, 1.54) is 38.5 Å². The van der Waals surface area contributed by atoms with Crippen LogP contribution in [0.4, 0.5) is 0 Å². The molecule has 2 rings (SSSR count). The number of alkyl halides is 1. The topological polar surface area (TPSA) is 18.5 Å². The average molecular weight is 305 g/mol. The highest BCUT2D eigenvalue weighted by atomic mass is 79.9. The van der Waals surface area contributed by atoms with Crippen LogP contribution in [0, 0.1) is 11.8 Å². The SMILES string of the molecule is CCOC(C)OC1CCC2CCCCC2C1Br. The van der Waals surface area contributed by atoms with Crippen LogP contribution in [0.25, 0.3) is 0 Å². The highest BCUT2D eigenvalue weighted by Crippen LogP contribution is 2.44. The molecule has 0 aromatic rings. The zero-order chi connectivity index (χ0) is 12.3. The fourth-order valence-corrected chi connectivity index (χ4v) is 4.58. The fraction of sp³-hybridized carbons (Fsp3) is 1.00. The molecule has 5 unspecified atom stereocenters. The lowest BCUT2D eigenvalue weighted by atomic mass is 9.70. The molecule has 2 fully saturated rings. The summed E-state index contributed by atoms with van der Waals surface area (Å²) in [6.07, 6.45) is 8.45. The Balaban J connectivity index is 1.87. The van der Waals surface area contributed by atoms with E-state index in [1.54, 1.807) is 0 Å². The molecule has 0 amide bonds. The van der Waals surface area contributed by atoms with Crippen molar-refractivity contribution in [3.8, 4) is 0 Å². The van der Waals surface area contributed by atoms with Crippen LogP contribution in [0.15, 0.2) is 0 Å². The van der Waals surface area contributed by atoms with Crippen LogP contribution in [-0.4, -0.2) is 23.8 Å². The van der Waals surface area contributed by atoms with Crippen molar-refractivity contribution < 1.29 is 9.47 Å². The Hall–Kier alpha value is 0.400. The molecule has 0 spiro atoms. The molecule has 0 bridgehead atoms. The van der Waals surface area contributed by atoms with Crippen molar-refractivity contribution >= 4 is 15.9 Å². The van der Waals surface area contributed by atoms with Gasteiger partial charge in [0.25, 0.3) is 0 Å². The molecular weight excluding hydrogens is 280 g/mol. The summed E-state index contributed by atoms with van der Waals surface area (Å²) in [6, 6.07) is 0. The minimum Gasteiger partial charge on any atom is -0.353 e. The summed E-state index contributed by atoms with van der Waals surface area (Å²) in [4.78, 5) is 0.532. The van der Waals surface area contributed by atoms with E-state index in [2.05, 4.69) is 15.9 Å². The molecule has 2 aliphatic carbocycles. The van der Waals surface area contributed by atoms with Crippen LogP contribution in [0.5, 0.6) is 0 Å². The number of halogens is 1. The first-order valence-electron chi connectivity index (χ1n) is 7.13. The lowest BCUT2D eigenvalue weighted by Crippen LogP contribution is -2.43. The Morgan fingerprint density at radius 2 is 1.94 bits per heavy atom. The molecule has 5 atom stereocenters. The molecule has 3 heteroatoms. The molecule has 0 saturated heterocycles. The molecule has 0 radical (unpaired) electrons. The van der Waals surface area contributed by atoms with Gasteiger partial charge in [0.15, 0.2) is 6.29 Å². The molecule has 0 heterocycles. The minimum absolute atomic E-state index is 0.0646. The summed E-state index contributed by atoms with van der Waals surface area (Å²) in [5, 5.41) is 0. The van der Waals surface area contributed by atoms with Crippen molar-refractivity contribution in [2.45, 2.75) is 69.6 Å². The van der Waals surface area contributed by atoms with Gasteiger partial charge in [0, 0.05) is 11.4 Å². The van der Waals surface area contributed by atoms with Gasteiger partial charge in [-0.2, -0.15) is 0 Å². The number of fused-ring (bicyclic) bond motifs is 1. The van der Waals surface area contributed by atoms with E-state index >= 15 is 0 Å². The zero-order valence-corrected chi connectivity index (χ0v) is 12.6. The predicted octanol–water partition coefficient (Wildman–Crippen LogP) is 4.12. The summed E-state index contributed by atoms with van der Waals surface area (Å²) < 4.78 is 11.5. The maximum absolute atomic E-state index is 6.02. The number of ether oxygens (including phenoxy) is 2. The fourth-order valence-electron chi connectivity index (χ4n) is 3.49. The third kappa shape index (κ3) is 3.45. The van der Waals surface area contributed by atoms with E-state index in [1.807, 2.05) is 13.8 Å². The van der Waals surface area contributed by atoms with E-state index in [4.69, 9.17) is 9.47 Å². The molecular formula is C14H25BrO2. The van der Waals surface area contributed by atoms with Gasteiger partial charge in [-0.3, -0.25) is 0 Å². The molecule has 0 N–H and O–H groups in total. The number of hydrogen-bond acceptors (Lipinski definition) is 2. The average Bonchev–Trinajstić information content (AvgIpc) is 2.33. The van der Waals surface area contributed by atoms with Gasteiger partial charge in [-0.05, 0) is 44.9 Å².